The second-order valence-corrected chi connectivity index (χ2v) is 8.40. The van der Waals surface area contributed by atoms with Gasteiger partial charge in [0.25, 0.3) is 0 Å². The summed E-state index contributed by atoms with van der Waals surface area (Å²) in [7, 11) is 2.02. The zero-order valence-electron chi connectivity index (χ0n) is 19.9. The molecule has 0 spiro atoms. The second kappa shape index (κ2) is 12.8. The molecule has 2 N–H and O–H groups in total. The van der Waals surface area contributed by atoms with E-state index in [-0.39, 0.29) is 11.7 Å². The maximum atomic E-state index is 11.9. The smallest absolute Gasteiger partial charge is 0.303 e. The highest BCUT2D eigenvalue weighted by Gasteiger charge is 2.52. The van der Waals surface area contributed by atoms with Crippen molar-refractivity contribution >= 4 is 41.2 Å². The van der Waals surface area contributed by atoms with Crippen LogP contribution in [0.15, 0.2) is 0 Å². The fourth-order valence-electron chi connectivity index (χ4n) is 3.57. The number of rotatable bonds is 7. The van der Waals surface area contributed by atoms with Gasteiger partial charge in [0.05, 0.1) is 0 Å². The van der Waals surface area contributed by atoms with Gasteiger partial charge in [0.2, 0.25) is 0 Å². The Morgan fingerprint density at radius 2 is 1.38 bits per heavy atom. The van der Waals surface area contributed by atoms with Gasteiger partial charge >= 0.3 is 23.9 Å². The van der Waals surface area contributed by atoms with E-state index in [1.807, 2.05) is 12.1 Å². The molecule has 2 heterocycles. The monoisotopic (exact) mass is 504 g/mol. The van der Waals surface area contributed by atoms with E-state index < -0.39 is 54.5 Å². The van der Waals surface area contributed by atoms with E-state index in [0.717, 1.165) is 40.0 Å². The van der Waals surface area contributed by atoms with Gasteiger partial charge in [0.1, 0.15) is 12.7 Å². The van der Waals surface area contributed by atoms with Crippen LogP contribution in [0.3, 0.4) is 0 Å². The molecule has 14 heteroatoms. The van der Waals surface area contributed by atoms with E-state index in [0.29, 0.717) is 0 Å². The van der Waals surface area contributed by atoms with Crippen molar-refractivity contribution in [2.75, 3.05) is 39.8 Å². The number of hydrogen-bond donors (Lipinski definition) is 2. The van der Waals surface area contributed by atoms with Crippen LogP contribution in [0.25, 0.3) is 0 Å². The molecule has 0 aromatic heterocycles. The summed E-state index contributed by atoms with van der Waals surface area (Å²) in [6.45, 7) is 7.52. The van der Waals surface area contributed by atoms with Gasteiger partial charge in [-0.1, -0.05) is 0 Å². The largest absolute Gasteiger partial charge is 0.463 e. The Morgan fingerprint density at radius 1 is 0.853 bits per heavy atom. The molecule has 13 nitrogen and oxygen atoms in total. The molecule has 0 radical (unpaired) electrons. The fraction of sp³-hybridized carbons (Fsp3) is 0.750. The highest BCUT2D eigenvalue weighted by atomic mass is 32.1. The Hall–Kier alpha value is -2.55. The summed E-state index contributed by atoms with van der Waals surface area (Å²) in [5, 5.41) is 5.01. The molecule has 0 bridgehead atoms. The number of carbonyl (C=O) groups is 4. The van der Waals surface area contributed by atoms with Crippen molar-refractivity contribution in [1.29, 1.82) is 0 Å². The van der Waals surface area contributed by atoms with Gasteiger partial charge in [0.15, 0.2) is 29.7 Å². The third-order valence-electron chi connectivity index (χ3n) is 5.03. The first kappa shape index (κ1) is 27.7. The summed E-state index contributed by atoms with van der Waals surface area (Å²) < 4.78 is 27.1. The third kappa shape index (κ3) is 8.66. The summed E-state index contributed by atoms with van der Waals surface area (Å²) in [4.78, 5) is 49.1. The highest BCUT2D eigenvalue weighted by molar-refractivity contribution is 7.80. The molecule has 0 saturated carbocycles. The molecule has 2 aliphatic rings. The molecule has 192 valence electrons. The number of piperazine rings is 1. The predicted molar refractivity (Wildman–Crippen MR) is 120 cm³/mol. The maximum Gasteiger partial charge on any atom is 0.303 e. The van der Waals surface area contributed by atoms with Crippen molar-refractivity contribution in [1.82, 2.24) is 20.7 Å². The molecule has 2 rings (SSSR count). The Morgan fingerprint density at radius 3 is 1.91 bits per heavy atom. The number of thiocarbonyl (C=S) groups is 1. The minimum atomic E-state index is -1.26. The Labute approximate surface area is 203 Å². The van der Waals surface area contributed by atoms with Gasteiger partial charge in [-0.25, -0.2) is 5.01 Å². The fourth-order valence-corrected chi connectivity index (χ4v) is 3.81. The Kier molecular flexibility index (Phi) is 10.4. The first-order chi connectivity index (χ1) is 16.0. The van der Waals surface area contributed by atoms with Crippen molar-refractivity contribution < 1.29 is 42.9 Å². The molecule has 0 aliphatic carbocycles. The summed E-state index contributed by atoms with van der Waals surface area (Å²) in [6, 6.07) is 0. The molecule has 0 amide bonds. The second-order valence-electron chi connectivity index (χ2n) is 8.00. The van der Waals surface area contributed by atoms with Crippen LogP contribution in [0.4, 0.5) is 0 Å². The molecule has 5 atom stereocenters. The van der Waals surface area contributed by atoms with E-state index in [9.17, 15) is 19.2 Å². The van der Waals surface area contributed by atoms with Gasteiger partial charge in [0, 0.05) is 53.9 Å². The quantitative estimate of drug-likeness (QED) is 0.240. The predicted octanol–water partition coefficient (Wildman–Crippen LogP) is -1.30. The van der Waals surface area contributed by atoms with E-state index >= 15 is 0 Å². The molecule has 0 aromatic carbocycles. The van der Waals surface area contributed by atoms with Crippen LogP contribution in [0, 0.1) is 0 Å². The number of carbonyl (C=O) groups excluding carboxylic acids is 4. The zero-order chi connectivity index (χ0) is 25.4. The van der Waals surface area contributed by atoms with Gasteiger partial charge in [-0.2, -0.15) is 0 Å². The topological polar surface area (TPSA) is 145 Å². The van der Waals surface area contributed by atoms with Crippen molar-refractivity contribution in [2.45, 2.75) is 58.3 Å². The lowest BCUT2D eigenvalue weighted by atomic mass is 9.97. The number of nitrogens with one attached hydrogen (secondary N) is 2. The summed E-state index contributed by atoms with van der Waals surface area (Å²) in [6.07, 6.45) is -5.88. The number of likely N-dealkylation sites (N-methyl/N-ethyl adjacent to an activating group) is 1. The van der Waals surface area contributed by atoms with Crippen molar-refractivity contribution in [2.24, 2.45) is 0 Å². The number of hydrogen-bond acceptors (Lipinski definition) is 12. The molecule has 0 aromatic rings. The maximum absolute atomic E-state index is 11.9. The van der Waals surface area contributed by atoms with Crippen molar-refractivity contribution in [3.63, 3.8) is 0 Å². The van der Waals surface area contributed by atoms with E-state index in [1.165, 1.54) is 13.8 Å². The van der Waals surface area contributed by atoms with Crippen LogP contribution < -0.4 is 10.7 Å². The number of hydrazine groups is 1. The lowest BCUT2D eigenvalue weighted by molar-refractivity contribution is -0.255. The van der Waals surface area contributed by atoms with Gasteiger partial charge in [-0.3, -0.25) is 24.6 Å². The summed E-state index contributed by atoms with van der Waals surface area (Å²) >= 11 is 5.41. The van der Waals surface area contributed by atoms with Crippen LogP contribution in [-0.4, -0.2) is 109 Å². The van der Waals surface area contributed by atoms with Crippen LogP contribution in [0.2, 0.25) is 0 Å². The van der Waals surface area contributed by atoms with Crippen LogP contribution >= 0.6 is 12.2 Å². The average Bonchev–Trinajstić information content (AvgIpc) is 2.71. The molecule has 34 heavy (non-hydrogen) atoms. The minimum absolute atomic E-state index is 0.172. The standard InChI is InChI=1S/C20H32N4O9S/c1-11(25)29-10-15-16(30-12(2)26)17(31-13(3)27)18(32-14(4)28)19(33-15)21-20(34)22-24-8-6-23(5)7-9-24/h15-19H,6-10H2,1-5H3,(H2,21,22,34)/t15-,16-,17-,18-,19+/m0/s1. The van der Waals surface area contributed by atoms with Gasteiger partial charge in [-0.05, 0) is 19.3 Å². The third-order valence-corrected chi connectivity index (χ3v) is 5.24. The molecule has 2 fully saturated rings. The lowest BCUT2D eigenvalue weighted by Crippen LogP contribution is -2.67. The average molecular weight is 505 g/mol. The highest BCUT2D eigenvalue weighted by Crippen LogP contribution is 2.28. The van der Waals surface area contributed by atoms with Crippen LogP contribution in [0.1, 0.15) is 27.7 Å². The van der Waals surface area contributed by atoms with E-state index in [1.54, 1.807) is 0 Å². The molecular weight excluding hydrogens is 472 g/mol. The van der Waals surface area contributed by atoms with E-state index in [4.69, 9.17) is 35.9 Å². The summed E-state index contributed by atoms with van der Waals surface area (Å²) in [5.41, 5.74) is 3.05. The van der Waals surface area contributed by atoms with Crippen molar-refractivity contribution in [3.8, 4) is 0 Å². The number of nitrogens with zero attached hydrogens (tertiary/aromatic N) is 2. The van der Waals surface area contributed by atoms with Gasteiger partial charge in [-0.15, -0.1) is 0 Å². The molecule has 2 saturated heterocycles. The Balaban J connectivity index is 2.27. The molecular formula is C20H32N4O9S. The van der Waals surface area contributed by atoms with Crippen LogP contribution in [0.5, 0.6) is 0 Å². The first-order valence-electron chi connectivity index (χ1n) is 10.8. The normalized spacial score (nSPS) is 27.7. The number of esters is 4. The van der Waals surface area contributed by atoms with Crippen molar-refractivity contribution in [3.05, 3.63) is 0 Å². The minimum Gasteiger partial charge on any atom is -0.463 e. The summed E-state index contributed by atoms with van der Waals surface area (Å²) in [5.74, 6) is -2.67. The Bertz CT molecular complexity index is 775. The molecule has 0 unspecified atom stereocenters. The SMILES string of the molecule is CC(=O)OC[C@@H]1O[C@@H](NC(=S)NN2CCN(C)CC2)[C@@H](OC(C)=O)[C@@H](OC(C)=O)[C@H]1OC(C)=O. The van der Waals surface area contributed by atoms with Crippen LogP contribution in [-0.2, 0) is 42.9 Å². The first-order valence-corrected chi connectivity index (χ1v) is 11.2. The number of ether oxygens (including phenoxy) is 5. The molecule has 2 aliphatic heterocycles. The lowest BCUT2D eigenvalue weighted by Gasteiger charge is -2.45. The van der Waals surface area contributed by atoms with Gasteiger partial charge < -0.3 is 33.9 Å². The van der Waals surface area contributed by atoms with E-state index in [2.05, 4.69) is 15.6 Å². The zero-order valence-corrected chi connectivity index (χ0v) is 20.7.